The molecule has 2 saturated heterocycles. The molecule has 3 aromatic rings. The Balaban J connectivity index is 1.31. The molecule has 240 valence electrons. The van der Waals surface area contributed by atoms with Crippen molar-refractivity contribution < 1.29 is 19.0 Å². The van der Waals surface area contributed by atoms with E-state index in [1.807, 2.05) is 19.9 Å². The third-order valence-corrected chi connectivity index (χ3v) is 9.63. The van der Waals surface area contributed by atoms with Crippen molar-refractivity contribution in [1.82, 2.24) is 15.2 Å². The SMILES string of the molecule is CCN(c1cc(-c2ccc(CN3CCOCC3)cc2)cc(C(=O)NCc2c3c(c(C)[nH]c2=O)COCC3)c1C)C1CCOCC1. The molecule has 2 aromatic carbocycles. The molecule has 45 heavy (non-hydrogen) atoms. The molecule has 0 saturated carbocycles. The Bertz CT molecular complexity index is 1560. The minimum atomic E-state index is -0.177. The molecule has 6 rings (SSSR count). The number of nitrogens with one attached hydrogen (secondary N) is 2. The molecule has 1 aromatic heterocycles. The van der Waals surface area contributed by atoms with Crippen LogP contribution < -0.4 is 15.8 Å². The van der Waals surface area contributed by atoms with E-state index in [4.69, 9.17) is 14.2 Å². The first-order valence-corrected chi connectivity index (χ1v) is 16.4. The van der Waals surface area contributed by atoms with E-state index in [0.29, 0.717) is 36.8 Å². The van der Waals surface area contributed by atoms with Crippen LogP contribution >= 0.6 is 0 Å². The van der Waals surface area contributed by atoms with Gasteiger partial charge in [0, 0.05) is 80.1 Å². The molecule has 1 amide bonds. The molecule has 0 radical (unpaired) electrons. The van der Waals surface area contributed by atoms with E-state index in [0.717, 1.165) is 105 Å². The van der Waals surface area contributed by atoms with Crippen LogP contribution in [0.1, 0.15) is 63.6 Å². The number of anilines is 1. The minimum Gasteiger partial charge on any atom is -0.381 e. The lowest BCUT2D eigenvalue weighted by molar-refractivity contribution is 0.0342. The summed E-state index contributed by atoms with van der Waals surface area (Å²) in [5.74, 6) is -0.177. The molecular formula is C36H46N4O5. The first-order valence-electron chi connectivity index (χ1n) is 16.4. The lowest BCUT2D eigenvalue weighted by Gasteiger charge is -2.37. The van der Waals surface area contributed by atoms with Gasteiger partial charge in [-0.05, 0) is 80.0 Å². The molecule has 3 aliphatic heterocycles. The van der Waals surface area contributed by atoms with E-state index in [1.165, 1.54) is 5.56 Å². The van der Waals surface area contributed by atoms with Crippen LogP contribution in [-0.2, 0) is 40.3 Å². The fourth-order valence-electron chi connectivity index (χ4n) is 7.01. The van der Waals surface area contributed by atoms with Crippen LogP contribution in [0.25, 0.3) is 11.1 Å². The predicted molar refractivity (Wildman–Crippen MR) is 176 cm³/mol. The number of pyridine rings is 1. The Morgan fingerprint density at radius 2 is 1.69 bits per heavy atom. The average Bonchev–Trinajstić information content (AvgIpc) is 3.07. The second kappa shape index (κ2) is 14.3. The summed E-state index contributed by atoms with van der Waals surface area (Å²) >= 11 is 0. The van der Waals surface area contributed by atoms with Gasteiger partial charge in [0.2, 0.25) is 0 Å². The smallest absolute Gasteiger partial charge is 0.253 e. The molecule has 4 heterocycles. The molecule has 2 N–H and O–H groups in total. The van der Waals surface area contributed by atoms with Crippen molar-refractivity contribution in [3.05, 3.63) is 85.8 Å². The highest BCUT2D eigenvalue weighted by molar-refractivity contribution is 5.99. The van der Waals surface area contributed by atoms with Crippen LogP contribution in [-0.4, -0.2) is 74.5 Å². The predicted octanol–water partition coefficient (Wildman–Crippen LogP) is 4.50. The van der Waals surface area contributed by atoms with Crippen LogP contribution in [0.15, 0.2) is 41.2 Å². The van der Waals surface area contributed by atoms with Crippen LogP contribution in [0.4, 0.5) is 5.69 Å². The van der Waals surface area contributed by atoms with Gasteiger partial charge >= 0.3 is 0 Å². The zero-order valence-electron chi connectivity index (χ0n) is 26.9. The van der Waals surface area contributed by atoms with E-state index < -0.39 is 0 Å². The van der Waals surface area contributed by atoms with Gasteiger partial charge < -0.3 is 29.4 Å². The topological polar surface area (TPSA) is 96.1 Å². The zero-order chi connectivity index (χ0) is 31.3. The van der Waals surface area contributed by atoms with Crippen molar-refractivity contribution in [2.45, 2.75) is 65.8 Å². The Morgan fingerprint density at radius 3 is 2.42 bits per heavy atom. The van der Waals surface area contributed by atoms with Crippen LogP contribution in [0.2, 0.25) is 0 Å². The highest BCUT2D eigenvalue weighted by atomic mass is 16.5. The van der Waals surface area contributed by atoms with Crippen molar-refractivity contribution >= 4 is 11.6 Å². The van der Waals surface area contributed by atoms with Gasteiger partial charge in [0.05, 0.1) is 26.4 Å². The number of ether oxygens (including phenoxy) is 3. The van der Waals surface area contributed by atoms with E-state index in [-0.39, 0.29) is 18.0 Å². The summed E-state index contributed by atoms with van der Waals surface area (Å²) in [6, 6.07) is 13.3. The fourth-order valence-corrected chi connectivity index (χ4v) is 7.01. The average molecular weight is 615 g/mol. The van der Waals surface area contributed by atoms with Gasteiger partial charge in [0.1, 0.15) is 0 Å². The van der Waals surface area contributed by atoms with Crippen molar-refractivity contribution in [3.8, 4) is 11.1 Å². The Hall–Kier alpha value is -3.50. The van der Waals surface area contributed by atoms with Gasteiger partial charge in [0.25, 0.3) is 11.5 Å². The van der Waals surface area contributed by atoms with E-state index in [1.54, 1.807) is 0 Å². The van der Waals surface area contributed by atoms with Gasteiger partial charge in [0.15, 0.2) is 0 Å². The second-order valence-corrected chi connectivity index (χ2v) is 12.4. The van der Waals surface area contributed by atoms with E-state index in [2.05, 4.69) is 57.4 Å². The lowest BCUT2D eigenvalue weighted by atomic mass is 9.94. The Labute approximate surface area is 265 Å². The molecule has 9 nitrogen and oxygen atoms in total. The van der Waals surface area contributed by atoms with Gasteiger partial charge in [-0.2, -0.15) is 0 Å². The minimum absolute atomic E-state index is 0.145. The molecular weight excluding hydrogens is 568 g/mol. The van der Waals surface area contributed by atoms with Gasteiger partial charge in [-0.3, -0.25) is 14.5 Å². The molecule has 0 atom stereocenters. The highest BCUT2D eigenvalue weighted by Crippen LogP contribution is 2.34. The maximum atomic E-state index is 14.0. The summed E-state index contributed by atoms with van der Waals surface area (Å²) in [6.07, 6.45) is 2.59. The van der Waals surface area contributed by atoms with Crippen LogP contribution in [0.5, 0.6) is 0 Å². The third kappa shape index (κ3) is 7.02. The third-order valence-electron chi connectivity index (χ3n) is 9.63. The zero-order valence-corrected chi connectivity index (χ0v) is 26.9. The normalized spacial score (nSPS) is 17.6. The summed E-state index contributed by atoms with van der Waals surface area (Å²) in [5.41, 5.74) is 9.33. The number of morpholine rings is 1. The number of hydrogen-bond acceptors (Lipinski definition) is 7. The molecule has 2 fully saturated rings. The lowest BCUT2D eigenvalue weighted by Crippen LogP contribution is -2.40. The standard InChI is InChI=1S/C36H46N4O5/c1-4-40(29-9-14-43-15-10-29)34-20-28(27-7-5-26(6-8-27)22-39-12-17-44-18-13-39)19-31(24(34)2)35(41)37-21-32-30-11-16-45-23-33(30)25(3)38-36(32)42/h5-8,19-20,29H,4,9-18,21-23H2,1-3H3,(H,37,41)(H,38,42). The number of hydrogen-bond donors (Lipinski definition) is 2. The fraction of sp³-hybridized carbons (Fsp3) is 0.500. The number of carbonyl (C=O) groups is 1. The van der Waals surface area contributed by atoms with E-state index in [9.17, 15) is 9.59 Å². The number of aromatic nitrogens is 1. The van der Waals surface area contributed by atoms with Crippen molar-refractivity contribution in [3.63, 3.8) is 0 Å². The summed E-state index contributed by atoms with van der Waals surface area (Å²) in [5, 5.41) is 3.11. The Kier molecular flexibility index (Phi) is 10.00. The van der Waals surface area contributed by atoms with Crippen molar-refractivity contribution in [1.29, 1.82) is 0 Å². The highest BCUT2D eigenvalue weighted by Gasteiger charge is 2.26. The number of aromatic amines is 1. The summed E-state index contributed by atoms with van der Waals surface area (Å²) < 4.78 is 16.8. The Morgan fingerprint density at radius 1 is 0.956 bits per heavy atom. The van der Waals surface area contributed by atoms with Crippen molar-refractivity contribution in [2.75, 3.05) is 57.6 Å². The number of benzene rings is 2. The van der Waals surface area contributed by atoms with Crippen LogP contribution in [0, 0.1) is 13.8 Å². The van der Waals surface area contributed by atoms with Crippen molar-refractivity contribution in [2.24, 2.45) is 0 Å². The maximum Gasteiger partial charge on any atom is 0.253 e. The molecule has 0 spiro atoms. The van der Waals surface area contributed by atoms with E-state index >= 15 is 0 Å². The number of rotatable bonds is 9. The first kappa shape index (κ1) is 31.5. The summed E-state index contributed by atoms with van der Waals surface area (Å²) in [6.45, 7) is 14.0. The molecule has 3 aliphatic rings. The number of H-pyrrole nitrogens is 1. The number of nitrogens with zero attached hydrogens (tertiary/aromatic N) is 2. The monoisotopic (exact) mass is 614 g/mol. The number of fused-ring (bicyclic) bond motifs is 1. The number of amides is 1. The molecule has 9 heteroatoms. The number of aryl methyl sites for hydroxylation is 1. The quantitative estimate of drug-likeness (QED) is 0.367. The van der Waals surface area contributed by atoms with Gasteiger partial charge in [-0.25, -0.2) is 0 Å². The number of carbonyl (C=O) groups excluding carboxylic acids is 1. The maximum absolute atomic E-state index is 14.0. The summed E-state index contributed by atoms with van der Waals surface area (Å²) in [7, 11) is 0. The second-order valence-electron chi connectivity index (χ2n) is 12.4. The molecule has 0 bridgehead atoms. The molecule has 0 unspecified atom stereocenters. The molecule has 0 aliphatic carbocycles. The van der Waals surface area contributed by atoms with Crippen LogP contribution in [0.3, 0.4) is 0 Å². The van der Waals surface area contributed by atoms with Gasteiger partial charge in [-0.15, -0.1) is 0 Å². The first-order chi connectivity index (χ1) is 21.9. The van der Waals surface area contributed by atoms with Gasteiger partial charge in [-0.1, -0.05) is 24.3 Å². The largest absolute Gasteiger partial charge is 0.381 e. The summed E-state index contributed by atoms with van der Waals surface area (Å²) in [4.78, 5) is 34.8.